The van der Waals surface area contributed by atoms with Crippen molar-refractivity contribution in [1.29, 1.82) is 0 Å². The summed E-state index contributed by atoms with van der Waals surface area (Å²) in [7, 11) is -4.99. The molecule has 8 heteroatoms. The molecule has 5 nitrogen and oxygen atoms in total. The Kier molecular flexibility index (Phi) is 5.48. The third-order valence-electron chi connectivity index (χ3n) is 2.32. The number of carbonyl (C=O) groups is 1. The van der Waals surface area contributed by atoms with Crippen LogP contribution in [-0.4, -0.2) is 35.6 Å². The van der Waals surface area contributed by atoms with Crippen LogP contribution in [0.1, 0.15) is 18.6 Å². The smallest absolute Gasteiger partial charge is 0.332 e. The first-order chi connectivity index (χ1) is 8.73. The fourth-order valence-corrected chi connectivity index (χ4v) is 2.75. The van der Waals surface area contributed by atoms with Crippen molar-refractivity contribution in [3.63, 3.8) is 0 Å². The van der Waals surface area contributed by atoms with Crippen molar-refractivity contribution < 1.29 is 27.3 Å². The maximum Gasteiger partial charge on any atom is 0.332 e. The number of aliphatic hydroxyl groups excluding tert-OH is 2. The van der Waals surface area contributed by atoms with Crippen LogP contribution in [0.15, 0.2) is 29.2 Å². The van der Waals surface area contributed by atoms with Crippen LogP contribution in [0, 0.1) is 0 Å². The van der Waals surface area contributed by atoms with E-state index in [2.05, 4.69) is 0 Å². The number of hydrogen-bond donors (Lipinski definition) is 2. The second-order valence-corrected chi connectivity index (χ2v) is 6.30. The molecule has 1 rings (SSSR count). The monoisotopic (exact) mass is 308 g/mol. The number of hydrogen-bond acceptors (Lipinski definition) is 6. The molecule has 0 amide bonds. The molecule has 106 valence electrons. The van der Waals surface area contributed by atoms with Gasteiger partial charge in [-0.15, -0.1) is 3.89 Å². The largest absolute Gasteiger partial charge is 0.389 e. The minimum absolute atomic E-state index is 0.114. The van der Waals surface area contributed by atoms with Crippen LogP contribution in [0.2, 0.25) is 0 Å². The molecule has 0 aromatic heterocycles. The Labute approximate surface area is 114 Å². The van der Waals surface area contributed by atoms with Gasteiger partial charge in [-0.2, -0.15) is 8.42 Å². The fourth-order valence-electron chi connectivity index (χ4n) is 1.45. The van der Waals surface area contributed by atoms with E-state index in [1.54, 1.807) is 0 Å². The highest BCUT2D eigenvalue weighted by atomic mass is 32.3. The van der Waals surface area contributed by atoms with E-state index in [1.807, 2.05) is 0 Å². The lowest BCUT2D eigenvalue weighted by atomic mass is 10.1. The minimum atomic E-state index is -4.99. The standard InChI is InChI=1S/C11H13FO5S2/c1-7(13)18-6-9(14)11(15)8-4-2-3-5-10(8)19(12,16)17/h2-5,9,11,14-15H,6H2,1H3. The summed E-state index contributed by atoms with van der Waals surface area (Å²) < 4.78 is 34.9. The van der Waals surface area contributed by atoms with Crippen molar-refractivity contribution in [2.75, 3.05) is 5.75 Å². The van der Waals surface area contributed by atoms with Crippen molar-refractivity contribution in [2.24, 2.45) is 0 Å². The van der Waals surface area contributed by atoms with Gasteiger partial charge in [-0.1, -0.05) is 30.0 Å². The average Bonchev–Trinajstić information content (AvgIpc) is 2.34. The van der Waals surface area contributed by atoms with Crippen LogP contribution in [-0.2, 0) is 15.0 Å². The van der Waals surface area contributed by atoms with E-state index >= 15 is 0 Å². The van der Waals surface area contributed by atoms with Crippen LogP contribution in [0.3, 0.4) is 0 Å². The van der Waals surface area contributed by atoms with Gasteiger partial charge < -0.3 is 10.2 Å². The molecule has 0 bridgehead atoms. The lowest BCUT2D eigenvalue weighted by Gasteiger charge is -2.18. The Hall–Kier alpha value is -0.960. The van der Waals surface area contributed by atoms with Crippen LogP contribution >= 0.6 is 11.8 Å². The topological polar surface area (TPSA) is 91.7 Å². The van der Waals surface area contributed by atoms with Crippen molar-refractivity contribution in [2.45, 2.75) is 24.0 Å². The Morgan fingerprint density at radius 3 is 2.47 bits per heavy atom. The van der Waals surface area contributed by atoms with Gasteiger partial charge in [0.15, 0.2) is 5.12 Å². The Morgan fingerprint density at radius 2 is 1.95 bits per heavy atom. The molecule has 1 aromatic rings. The highest BCUT2D eigenvalue weighted by Crippen LogP contribution is 2.27. The lowest BCUT2D eigenvalue weighted by molar-refractivity contribution is -0.109. The molecule has 0 aliphatic carbocycles. The van der Waals surface area contributed by atoms with Crippen molar-refractivity contribution >= 4 is 27.1 Å². The molecule has 1 aromatic carbocycles. The predicted octanol–water partition coefficient (Wildman–Crippen LogP) is 1.02. The maximum absolute atomic E-state index is 13.0. The lowest BCUT2D eigenvalue weighted by Crippen LogP contribution is -2.22. The van der Waals surface area contributed by atoms with Gasteiger partial charge in [-0.25, -0.2) is 0 Å². The van der Waals surface area contributed by atoms with E-state index in [1.165, 1.54) is 25.1 Å². The number of rotatable bonds is 5. The molecule has 0 spiro atoms. The van der Waals surface area contributed by atoms with Crippen LogP contribution in [0.5, 0.6) is 0 Å². The van der Waals surface area contributed by atoms with E-state index in [0.717, 1.165) is 17.8 Å². The number of halogens is 1. The molecule has 0 heterocycles. The highest BCUT2D eigenvalue weighted by molar-refractivity contribution is 8.13. The zero-order valence-corrected chi connectivity index (χ0v) is 11.6. The van der Waals surface area contributed by atoms with Gasteiger partial charge in [-0.3, -0.25) is 4.79 Å². The van der Waals surface area contributed by atoms with E-state index in [0.29, 0.717) is 0 Å². The molecule has 0 saturated carbocycles. The number of benzene rings is 1. The maximum atomic E-state index is 13.0. The van der Waals surface area contributed by atoms with Crippen molar-refractivity contribution in [1.82, 2.24) is 0 Å². The van der Waals surface area contributed by atoms with Gasteiger partial charge in [0, 0.05) is 18.2 Å². The molecule has 0 fully saturated rings. The first kappa shape index (κ1) is 16.1. The summed E-state index contributed by atoms with van der Waals surface area (Å²) in [6.07, 6.45) is -2.97. The fraction of sp³-hybridized carbons (Fsp3) is 0.364. The predicted molar refractivity (Wildman–Crippen MR) is 68.8 cm³/mol. The van der Waals surface area contributed by atoms with E-state index in [-0.39, 0.29) is 16.4 Å². The van der Waals surface area contributed by atoms with Gasteiger partial charge in [0.25, 0.3) is 0 Å². The number of aliphatic hydroxyl groups is 2. The molecule has 2 N–H and O–H groups in total. The normalized spacial score (nSPS) is 14.9. The van der Waals surface area contributed by atoms with E-state index in [9.17, 15) is 27.3 Å². The van der Waals surface area contributed by atoms with Gasteiger partial charge >= 0.3 is 10.2 Å². The first-order valence-corrected chi connectivity index (χ1v) is 7.63. The zero-order valence-electron chi connectivity index (χ0n) is 9.98. The molecule has 2 unspecified atom stereocenters. The number of carbonyl (C=O) groups excluding carboxylic acids is 1. The van der Waals surface area contributed by atoms with E-state index < -0.39 is 27.3 Å². The van der Waals surface area contributed by atoms with Gasteiger partial charge in [0.2, 0.25) is 0 Å². The second kappa shape index (κ2) is 6.47. The molecule has 19 heavy (non-hydrogen) atoms. The Bertz CT molecular complexity index is 558. The third-order valence-corrected chi connectivity index (χ3v) is 4.13. The summed E-state index contributed by atoms with van der Waals surface area (Å²) in [4.78, 5) is 10.1. The molecule has 0 radical (unpaired) electrons. The molecule has 0 aliphatic rings. The summed E-state index contributed by atoms with van der Waals surface area (Å²) in [5, 5.41) is 19.3. The molecule has 2 atom stereocenters. The van der Waals surface area contributed by atoms with Crippen LogP contribution in [0.4, 0.5) is 3.89 Å². The van der Waals surface area contributed by atoms with Gasteiger partial charge in [-0.05, 0) is 6.07 Å². The van der Waals surface area contributed by atoms with Crippen molar-refractivity contribution in [3.05, 3.63) is 29.8 Å². The summed E-state index contributed by atoms with van der Waals surface area (Å²) in [6.45, 7) is 1.30. The molecular weight excluding hydrogens is 295 g/mol. The zero-order chi connectivity index (χ0) is 14.6. The third kappa shape index (κ3) is 4.57. The Balaban J connectivity index is 3.00. The quantitative estimate of drug-likeness (QED) is 0.789. The molecule has 0 aliphatic heterocycles. The SMILES string of the molecule is CC(=O)SCC(O)C(O)c1ccccc1S(=O)(=O)F. The average molecular weight is 308 g/mol. The minimum Gasteiger partial charge on any atom is -0.389 e. The van der Waals surface area contributed by atoms with Crippen molar-refractivity contribution in [3.8, 4) is 0 Å². The second-order valence-electron chi connectivity index (χ2n) is 3.79. The van der Waals surface area contributed by atoms with Gasteiger partial charge in [0.1, 0.15) is 11.0 Å². The molecular formula is C11H13FO5S2. The highest BCUT2D eigenvalue weighted by Gasteiger charge is 2.26. The van der Waals surface area contributed by atoms with Gasteiger partial charge in [0.05, 0.1) is 6.10 Å². The summed E-state index contributed by atoms with van der Waals surface area (Å²) in [5.41, 5.74) is -0.235. The summed E-state index contributed by atoms with van der Waals surface area (Å²) >= 11 is 0.784. The van der Waals surface area contributed by atoms with Crippen LogP contribution in [0.25, 0.3) is 0 Å². The Morgan fingerprint density at radius 1 is 1.37 bits per heavy atom. The first-order valence-electron chi connectivity index (χ1n) is 5.26. The molecule has 0 saturated heterocycles. The summed E-state index contributed by atoms with van der Waals surface area (Å²) in [6, 6.07) is 4.93. The number of thioether (sulfide) groups is 1. The van der Waals surface area contributed by atoms with E-state index in [4.69, 9.17) is 0 Å². The summed E-state index contributed by atoms with van der Waals surface area (Å²) in [5.74, 6) is -0.114. The van der Waals surface area contributed by atoms with Crippen LogP contribution < -0.4 is 0 Å².